The smallest absolute Gasteiger partial charge is 0.271 e. The summed E-state index contributed by atoms with van der Waals surface area (Å²) in [6.45, 7) is 2.07. The van der Waals surface area contributed by atoms with Gasteiger partial charge < -0.3 is 16.3 Å². The summed E-state index contributed by atoms with van der Waals surface area (Å²) in [6.07, 6.45) is 3.43. The Morgan fingerprint density at radius 3 is 2.85 bits per heavy atom. The van der Waals surface area contributed by atoms with E-state index in [1.807, 2.05) is 0 Å². The van der Waals surface area contributed by atoms with Gasteiger partial charge in [0.2, 0.25) is 0 Å². The van der Waals surface area contributed by atoms with Crippen LogP contribution in [-0.4, -0.2) is 57.3 Å². The van der Waals surface area contributed by atoms with Crippen molar-refractivity contribution in [3.63, 3.8) is 0 Å². The van der Waals surface area contributed by atoms with Gasteiger partial charge in [-0.15, -0.1) is 0 Å². The molecule has 0 unspecified atom stereocenters. The molecule has 0 radical (unpaired) electrons. The first-order chi connectivity index (χ1) is 9.58. The summed E-state index contributed by atoms with van der Waals surface area (Å²) in [5, 5.41) is 18.6. The highest BCUT2D eigenvalue weighted by Gasteiger charge is 2.22. The molecule has 1 saturated heterocycles. The molecule has 0 saturated carbocycles. The number of hydrogen-bond acceptors (Lipinski definition) is 5. The van der Waals surface area contributed by atoms with Crippen LogP contribution in [0.25, 0.3) is 0 Å². The molecule has 0 bridgehead atoms. The van der Waals surface area contributed by atoms with Crippen LogP contribution in [0, 0.1) is 0 Å². The SMILES string of the molecule is Cn1ccc(C(=O)NC2CCN(C/C(N)=N/O)CC2)n1. The first-order valence-corrected chi connectivity index (χ1v) is 6.57. The Morgan fingerprint density at radius 2 is 2.30 bits per heavy atom. The highest BCUT2D eigenvalue weighted by Crippen LogP contribution is 2.10. The van der Waals surface area contributed by atoms with Crippen LogP contribution in [0.2, 0.25) is 0 Å². The van der Waals surface area contributed by atoms with Gasteiger partial charge in [-0.3, -0.25) is 14.4 Å². The second-order valence-corrected chi connectivity index (χ2v) is 4.99. The van der Waals surface area contributed by atoms with E-state index in [1.165, 1.54) is 0 Å². The van der Waals surface area contributed by atoms with Gasteiger partial charge in [0.05, 0.1) is 6.54 Å². The van der Waals surface area contributed by atoms with Crippen molar-refractivity contribution in [2.75, 3.05) is 19.6 Å². The van der Waals surface area contributed by atoms with Crippen molar-refractivity contribution in [2.45, 2.75) is 18.9 Å². The Hall–Kier alpha value is -2.09. The van der Waals surface area contributed by atoms with E-state index in [9.17, 15) is 4.79 Å². The number of aryl methyl sites for hydroxylation is 1. The van der Waals surface area contributed by atoms with E-state index in [0.29, 0.717) is 12.2 Å². The van der Waals surface area contributed by atoms with Crippen LogP contribution in [0.5, 0.6) is 0 Å². The number of likely N-dealkylation sites (tertiary alicyclic amines) is 1. The summed E-state index contributed by atoms with van der Waals surface area (Å²) >= 11 is 0. The molecule has 2 rings (SSSR count). The number of hydrogen-bond donors (Lipinski definition) is 3. The lowest BCUT2D eigenvalue weighted by molar-refractivity contribution is 0.0909. The highest BCUT2D eigenvalue weighted by molar-refractivity contribution is 5.92. The number of nitrogens with one attached hydrogen (secondary N) is 1. The first-order valence-electron chi connectivity index (χ1n) is 6.57. The minimum absolute atomic E-state index is 0.138. The molecule has 8 nitrogen and oxygen atoms in total. The number of nitrogens with zero attached hydrogens (tertiary/aromatic N) is 4. The maximum Gasteiger partial charge on any atom is 0.271 e. The van der Waals surface area contributed by atoms with Crippen molar-refractivity contribution in [1.82, 2.24) is 20.0 Å². The minimum Gasteiger partial charge on any atom is -0.409 e. The van der Waals surface area contributed by atoms with Gasteiger partial charge in [0.15, 0.2) is 5.84 Å². The Labute approximate surface area is 117 Å². The van der Waals surface area contributed by atoms with Crippen LogP contribution < -0.4 is 11.1 Å². The summed E-state index contributed by atoms with van der Waals surface area (Å²) in [6, 6.07) is 1.84. The number of carbonyl (C=O) groups is 1. The fourth-order valence-electron chi connectivity index (χ4n) is 2.29. The van der Waals surface area contributed by atoms with Crippen molar-refractivity contribution >= 4 is 11.7 Å². The highest BCUT2D eigenvalue weighted by atomic mass is 16.4. The maximum absolute atomic E-state index is 12.0. The van der Waals surface area contributed by atoms with Gasteiger partial charge in [-0.05, 0) is 18.9 Å². The van der Waals surface area contributed by atoms with E-state index in [2.05, 4.69) is 20.5 Å². The maximum atomic E-state index is 12.0. The van der Waals surface area contributed by atoms with Crippen LogP contribution in [0.4, 0.5) is 0 Å². The molecule has 0 spiro atoms. The third-order valence-electron chi connectivity index (χ3n) is 3.38. The fraction of sp³-hybridized carbons (Fsp3) is 0.583. The molecule has 0 aliphatic carbocycles. The van der Waals surface area contributed by atoms with E-state index in [0.717, 1.165) is 25.9 Å². The molecule has 1 aliphatic heterocycles. The standard InChI is InChI=1S/C12H20N6O2/c1-17-5-4-10(15-17)12(19)14-9-2-6-18(7-3-9)8-11(13)16-20/h4-5,9,20H,2-3,6-8H2,1H3,(H2,13,16)(H,14,19). The van der Waals surface area contributed by atoms with Crippen molar-refractivity contribution in [1.29, 1.82) is 0 Å². The summed E-state index contributed by atoms with van der Waals surface area (Å²) in [5.74, 6) is 0.0708. The number of carbonyl (C=O) groups excluding carboxylic acids is 1. The molecule has 20 heavy (non-hydrogen) atoms. The van der Waals surface area contributed by atoms with E-state index in [-0.39, 0.29) is 17.8 Å². The topological polar surface area (TPSA) is 109 Å². The molecule has 4 N–H and O–H groups in total. The number of amidine groups is 1. The summed E-state index contributed by atoms with van der Waals surface area (Å²) in [7, 11) is 1.78. The molecule has 110 valence electrons. The van der Waals surface area contributed by atoms with Crippen molar-refractivity contribution < 1.29 is 10.0 Å². The average Bonchev–Trinajstić information content (AvgIpc) is 2.87. The molecule has 2 heterocycles. The van der Waals surface area contributed by atoms with Gasteiger partial charge in [0.1, 0.15) is 5.69 Å². The van der Waals surface area contributed by atoms with Gasteiger partial charge in [-0.1, -0.05) is 5.16 Å². The Morgan fingerprint density at radius 1 is 1.60 bits per heavy atom. The molecule has 1 aromatic rings. The largest absolute Gasteiger partial charge is 0.409 e. The van der Waals surface area contributed by atoms with Crippen LogP contribution >= 0.6 is 0 Å². The molecule has 0 aromatic carbocycles. The van der Waals surface area contributed by atoms with Crippen LogP contribution in [0.1, 0.15) is 23.3 Å². The zero-order valence-corrected chi connectivity index (χ0v) is 11.5. The number of nitrogens with two attached hydrogens (primary N) is 1. The molecule has 1 aromatic heterocycles. The Bertz CT molecular complexity index is 490. The van der Waals surface area contributed by atoms with Gasteiger partial charge in [0, 0.05) is 32.4 Å². The second kappa shape index (κ2) is 6.38. The number of amides is 1. The Balaban J connectivity index is 1.78. The predicted molar refractivity (Wildman–Crippen MR) is 73.5 cm³/mol. The third kappa shape index (κ3) is 3.70. The zero-order valence-electron chi connectivity index (χ0n) is 11.5. The third-order valence-corrected chi connectivity index (χ3v) is 3.38. The predicted octanol–water partition coefficient (Wildman–Crippen LogP) is -0.639. The lowest BCUT2D eigenvalue weighted by atomic mass is 10.0. The zero-order chi connectivity index (χ0) is 14.5. The molecule has 1 fully saturated rings. The van der Waals surface area contributed by atoms with E-state index in [4.69, 9.17) is 10.9 Å². The van der Waals surface area contributed by atoms with Gasteiger partial charge >= 0.3 is 0 Å². The monoisotopic (exact) mass is 280 g/mol. The lowest BCUT2D eigenvalue weighted by Gasteiger charge is -2.31. The molecular formula is C12H20N6O2. The van der Waals surface area contributed by atoms with Gasteiger partial charge in [-0.2, -0.15) is 5.10 Å². The van der Waals surface area contributed by atoms with E-state index >= 15 is 0 Å². The summed E-state index contributed by atoms with van der Waals surface area (Å²) in [4.78, 5) is 14.1. The summed E-state index contributed by atoms with van der Waals surface area (Å²) < 4.78 is 1.61. The molecule has 1 aliphatic rings. The molecule has 1 amide bonds. The molecular weight excluding hydrogens is 260 g/mol. The number of oxime groups is 1. The van der Waals surface area contributed by atoms with Crippen molar-refractivity contribution in [3.8, 4) is 0 Å². The van der Waals surface area contributed by atoms with Gasteiger partial charge in [0.25, 0.3) is 5.91 Å². The lowest BCUT2D eigenvalue weighted by Crippen LogP contribution is -2.46. The van der Waals surface area contributed by atoms with E-state index in [1.54, 1.807) is 24.0 Å². The number of aromatic nitrogens is 2. The minimum atomic E-state index is -0.138. The number of rotatable bonds is 4. The quantitative estimate of drug-likeness (QED) is 0.294. The molecule has 0 atom stereocenters. The first kappa shape index (κ1) is 14.3. The Kier molecular flexibility index (Phi) is 4.57. The van der Waals surface area contributed by atoms with Crippen LogP contribution in [0.15, 0.2) is 17.4 Å². The normalized spacial score (nSPS) is 18.1. The van der Waals surface area contributed by atoms with Crippen molar-refractivity contribution in [3.05, 3.63) is 18.0 Å². The van der Waals surface area contributed by atoms with Crippen molar-refractivity contribution in [2.24, 2.45) is 17.9 Å². The van der Waals surface area contributed by atoms with Crippen LogP contribution in [0.3, 0.4) is 0 Å². The van der Waals surface area contributed by atoms with Crippen LogP contribution in [-0.2, 0) is 7.05 Å². The number of piperidine rings is 1. The fourth-order valence-corrected chi connectivity index (χ4v) is 2.29. The molecule has 8 heteroatoms. The van der Waals surface area contributed by atoms with E-state index < -0.39 is 0 Å². The summed E-state index contributed by atoms with van der Waals surface area (Å²) in [5.41, 5.74) is 5.91. The average molecular weight is 280 g/mol. The second-order valence-electron chi connectivity index (χ2n) is 4.99. The van der Waals surface area contributed by atoms with Gasteiger partial charge in [-0.25, -0.2) is 0 Å².